The zero-order valence-corrected chi connectivity index (χ0v) is 12.8. The number of aromatic carboxylic acids is 1. The monoisotopic (exact) mass is 292 g/mol. The summed E-state index contributed by atoms with van der Waals surface area (Å²) in [7, 11) is 0. The highest BCUT2D eigenvalue weighted by Crippen LogP contribution is 2.06. The molecule has 1 aromatic carbocycles. The van der Waals surface area contributed by atoms with Crippen molar-refractivity contribution >= 4 is 12.0 Å². The summed E-state index contributed by atoms with van der Waals surface area (Å²) in [4.78, 5) is 22.5. The van der Waals surface area contributed by atoms with Crippen LogP contribution in [0.2, 0.25) is 0 Å². The molecule has 1 atom stereocenters. The minimum atomic E-state index is -0.932. The van der Waals surface area contributed by atoms with E-state index in [2.05, 4.69) is 31.4 Å². The third kappa shape index (κ3) is 5.85. The normalized spacial score (nSPS) is 12.0. The summed E-state index contributed by atoms with van der Waals surface area (Å²) in [5.41, 5.74) is 1.27. The number of carboxylic acid groups (broad SMARTS) is 1. The standard InChI is InChI=1S/C16H24N2O3/c1-4-14(11(2)3)18-16(21)17-10-9-12-5-7-13(8-6-12)15(19)20/h5-8,11,14H,4,9-10H2,1-3H3,(H,19,20)(H2,17,18,21). The number of nitrogens with one attached hydrogen (secondary N) is 2. The van der Waals surface area contributed by atoms with Crippen LogP contribution in [0.1, 0.15) is 43.1 Å². The van der Waals surface area contributed by atoms with Gasteiger partial charge >= 0.3 is 12.0 Å². The van der Waals surface area contributed by atoms with Gasteiger partial charge in [0.25, 0.3) is 0 Å². The first-order valence-corrected chi connectivity index (χ1v) is 7.30. The summed E-state index contributed by atoms with van der Waals surface area (Å²) in [5.74, 6) is -0.525. The van der Waals surface area contributed by atoms with Gasteiger partial charge in [0.2, 0.25) is 0 Å². The van der Waals surface area contributed by atoms with Crippen molar-refractivity contribution in [2.45, 2.75) is 39.7 Å². The van der Waals surface area contributed by atoms with E-state index in [4.69, 9.17) is 5.11 Å². The van der Waals surface area contributed by atoms with Gasteiger partial charge in [-0.2, -0.15) is 0 Å². The van der Waals surface area contributed by atoms with Crippen LogP contribution in [0.25, 0.3) is 0 Å². The topological polar surface area (TPSA) is 78.4 Å². The average molecular weight is 292 g/mol. The van der Waals surface area contributed by atoms with Crippen LogP contribution < -0.4 is 10.6 Å². The lowest BCUT2D eigenvalue weighted by molar-refractivity contribution is 0.0697. The van der Waals surface area contributed by atoms with Crippen LogP contribution in [0.3, 0.4) is 0 Å². The Kier molecular flexibility index (Phi) is 6.72. The van der Waals surface area contributed by atoms with Gasteiger partial charge in [-0.25, -0.2) is 9.59 Å². The maximum absolute atomic E-state index is 11.8. The molecule has 0 fully saturated rings. The molecular weight excluding hydrogens is 268 g/mol. The van der Waals surface area contributed by atoms with Gasteiger partial charge in [0, 0.05) is 12.6 Å². The Morgan fingerprint density at radius 1 is 1.19 bits per heavy atom. The molecule has 0 aromatic heterocycles. The smallest absolute Gasteiger partial charge is 0.335 e. The van der Waals surface area contributed by atoms with E-state index in [1.165, 1.54) is 0 Å². The van der Waals surface area contributed by atoms with Crippen LogP contribution in [0, 0.1) is 5.92 Å². The van der Waals surface area contributed by atoms with E-state index >= 15 is 0 Å². The lowest BCUT2D eigenvalue weighted by Crippen LogP contribution is -2.44. The highest BCUT2D eigenvalue weighted by Gasteiger charge is 2.13. The van der Waals surface area contributed by atoms with E-state index in [0.717, 1.165) is 12.0 Å². The second-order valence-corrected chi connectivity index (χ2v) is 5.41. The van der Waals surface area contributed by atoms with Crippen molar-refractivity contribution in [1.82, 2.24) is 10.6 Å². The maximum Gasteiger partial charge on any atom is 0.335 e. The highest BCUT2D eigenvalue weighted by atomic mass is 16.4. The number of hydrogen-bond acceptors (Lipinski definition) is 2. The van der Waals surface area contributed by atoms with Gasteiger partial charge in [-0.3, -0.25) is 0 Å². The van der Waals surface area contributed by atoms with Crippen LogP contribution in [-0.4, -0.2) is 29.7 Å². The summed E-state index contributed by atoms with van der Waals surface area (Å²) < 4.78 is 0. The fourth-order valence-electron chi connectivity index (χ4n) is 2.09. The maximum atomic E-state index is 11.8. The summed E-state index contributed by atoms with van der Waals surface area (Å²) in [6.07, 6.45) is 1.58. The van der Waals surface area contributed by atoms with Crippen LogP contribution in [-0.2, 0) is 6.42 Å². The molecule has 0 radical (unpaired) electrons. The molecule has 5 nitrogen and oxygen atoms in total. The van der Waals surface area contributed by atoms with Crippen molar-refractivity contribution in [1.29, 1.82) is 0 Å². The minimum absolute atomic E-state index is 0.155. The van der Waals surface area contributed by atoms with Crippen molar-refractivity contribution in [2.75, 3.05) is 6.54 Å². The molecule has 1 unspecified atom stereocenters. The molecule has 5 heteroatoms. The molecule has 116 valence electrons. The lowest BCUT2D eigenvalue weighted by Gasteiger charge is -2.20. The molecule has 1 aromatic rings. The fraction of sp³-hybridized carbons (Fsp3) is 0.500. The predicted molar refractivity (Wildman–Crippen MR) is 82.6 cm³/mol. The largest absolute Gasteiger partial charge is 0.478 e. The molecule has 2 amide bonds. The predicted octanol–water partition coefficient (Wildman–Crippen LogP) is 2.66. The number of carboxylic acids is 1. The number of rotatable bonds is 7. The number of carbonyl (C=O) groups is 2. The van der Waals surface area contributed by atoms with E-state index in [-0.39, 0.29) is 17.6 Å². The molecule has 0 saturated carbocycles. The van der Waals surface area contributed by atoms with Gasteiger partial charge in [0.1, 0.15) is 0 Å². The summed E-state index contributed by atoms with van der Waals surface area (Å²) in [6, 6.07) is 6.71. The van der Waals surface area contributed by atoms with E-state index in [9.17, 15) is 9.59 Å². The summed E-state index contributed by atoms with van der Waals surface area (Å²) >= 11 is 0. The Balaban J connectivity index is 2.36. The SMILES string of the molecule is CCC(NC(=O)NCCc1ccc(C(=O)O)cc1)C(C)C. The number of hydrogen-bond donors (Lipinski definition) is 3. The number of urea groups is 1. The third-order valence-corrected chi connectivity index (χ3v) is 3.46. The first-order chi connectivity index (χ1) is 9.93. The molecule has 1 rings (SSSR count). The van der Waals surface area contributed by atoms with Crippen LogP contribution in [0.15, 0.2) is 24.3 Å². The molecule has 0 aliphatic heterocycles. The van der Waals surface area contributed by atoms with Crippen LogP contribution in [0.5, 0.6) is 0 Å². The van der Waals surface area contributed by atoms with Crippen LogP contribution >= 0.6 is 0 Å². The van der Waals surface area contributed by atoms with Crippen molar-refractivity contribution in [2.24, 2.45) is 5.92 Å². The second-order valence-electron chi connectivity index (χ2n) is 5.41. The van der Waals surface area contributed by atoms with E-state index in [0.29, 0.717) is 18.9 Å². The third-order valence-electron chi connectivity index (χ3n) is 3.46. The first-order valence-electron chi connectivity index (χ1n) is 7.30. The molecule has 0 aliphatic rings. The van der Waals surface area contributed by atoms with E-state index < -0.39 is 5.97 Å². The Bertz CT molecular complexity index is 469. The summed E-state index contributed by atoms with van der Waals surface area (Å²) in [6.45, 7) is 6.73. The van der Waals surface area contributed by atoms with Crippen LogP contribution in [0.4, 0.5) is 4.79 Å². The Labute approximate surface area is 125 Å². The quantitative estimate of drug-likeness (QED) is 0.723. The zero-order valence-electron chi connectivity index (χ0n) is 12.8. The van der Waals surface area contributed by atoms with Gasteiger partial charge < -0.3 is 15.7 Å². The zero-order chi connectivity index (χ0) is 15.8. The Morgan fingerprint density at radius 2 is 1.81 bits per heavy atom. The Morgan fingerprint density at radius 3 is 2.29 bits per heavy atom. The molecule has 0 bridgehead atoms. The lowest BCUT2D eigenvalue weighted by atomic mass is 10.0. The molecule has 0 aliphatic carbocycles. The molecule has 0 spiro atoms. The number of amides is 2. The van der Waals surface area contributed by atoms with Gasteiger partial charge in [0.05, 0.1) is 5.56 Å². The second kappa shape index (κ2) is 8.29. The molecule has 21 heavy (non-hydrogen) atoms. The first kappa shape index (κ1) is 17.0. The summed E-state index contributed by atoms with van der Waals surface area (Å²) in [5, 5.41) is 14.6. The van der Waals surface area contributed by atoms with Gasteiger partial charge in [-0.05, 0) is 36.5 Å². The van der Waals surface area contributed by atoms with E-state index in [1.54, 1.807) is 24.3 Å². The molecule has 3 N–H and O–H groups in total. The van der Waals surface area contributed by atoms with Crippen molar-refractivity contribution < 1.29 is 14.7 Å². The average Bonchev–Trinajstić information content (AvgIpc) is 2.45. The molecular formula is C16H24N2O3. The minimum Gasteiger partial charge on any atom is -0.478 e. The number of carbonyl (C=O) groups excluding carboxylic acids is 1. The Hall–Kier alpha value is -2.04. The van der Waals surface area contributed by atoms with Crippen molar-refractivity contribution in [3.63, 3.8) is 0 Å². The highest BCUT2D eigenvalue weighted by molar-refractivity contribution is 5.87. The van der Waals surface area contributed by atoms with E-state index in [1.807, 2.05) is 0 Å². The van der Waals surface area contributed by atoms with Crippen molar-refractivity contribution in [3.05, 3.63) is 35.4 Å². The molecule has 0 saturated heterocycles. The van der Waals surface area contributed by atoms with Gasteiger partial charge in [-0.1, -0.05) is 32.9 Å². The van der Waals surface area contributed by atoms with Crippen molar-refractivity contribution in [3.8, 4) is 0 Å². The number of benzene rings is 1. The van der Waals surface area contributed by atoms with Gasteiger partial charge in [-0.15, -0.1) is 0 Å². The van der Waals surface area contributed by atoms with Gasteiger partial charge in [0.15, 0.2) is 0 Å². The fourth-order valence-corrected chi connectivity index (χ4v) is 2.09. The molecule has 0 heterocycles.